The molecule has 0 N–H and O–H groups in total. The van der Waals surface area contributed by atoms with Gasteiger partial charge in [-0.05, 0) is 49.2 Å². The molecular formula is C21H17N2O+. The Bertz CT molecular complexity index is 1150. The number of nitrogens with zero attached hydrogens (tertiary/aromatic N) is 2. The van der Waals surface area contributed by atoms with Crippen LogP contribution in [0.3, 0.4) is 0 Å². The highest BCUT2D eigenvalue weighted by Crippen LogP contribution is 2.35. The third-order valence-electron chi connectivity index (χ3n) is 4.54. The summed E-state index contributed by atoms with van der Waals surface area (Å²) in [7, 11) is 2.05. The van der Waals surface area contributed by atoms with E-state index in [-0.39, 0.29) is 0 Å². The Balaban J connectivity index is 2.07. The normalized spacial score (nSPS) is 11.1. The number of pyridine rings is 1. The summed E-state index contributed by atoms with van der Waals surface area (Å²) in [5.41, 5.74) is 6.91. The number of furan rings is 1. The number of rotatable bonds is 1. The molecule has 0 amide bonds. The SMILES string of the molecule is Cc1cc[n+](C)c(-c2cc3oc4cccc(C#N)c4c3cc2C)c1. The van der Waals surface area contributed by atoms with Crippen molar-refractivity contribution in [2.45, 2.75) is 13.8 Å². The molecule has 0 aliphatic rings. The highest BCUT2D eigenvalue weighted by atomic mass is 16.3. The second-order valence-corrected chi connectivity index (χ2v) is 6.26. The molecule has 0 bridgehead atoms. The van der Waals surface area contributed by atoms with Crippen LogP contribution in [-0.4, -0.2) is 0 Å². The zero-order valence-corrected chi connectivity index (χ0v) is 13.9. The third-order valence-corrected chi connectivity index (χ3v) is 4.54. The maximum Gasteiger partial charge on any atom is 0.212 e. The maximum absolute atomic E-state index is 9.39. The van der Waals surface area contributed by atoms with Crippen LogP contribution < -0.4 is 4.57 Å². The number of hydrogen-bond donors (Lipinski definition) is 0. The van der Waals surface area contributed by atoms with Gasteiger partial charge in [0.1, 0.15) is 18.2 Å². The summed E-state index contributed by atoms with van der Waals surface area (Å²) in [5.74, 6) is 0. The molecule has 116 valence electrons. The van der Waals surface area contributed by atoms with Crippen LogP contribution in [0, 0.1) is 25.2 Å². The highest BCUT2D eigenvalue weighted by molar-refractivity contribution is 6.09. The molecule has 0 fully saturated rings. The molecule has 4 rings (SSSR count). The lowest BCUT2D eigenvalue weighted by Crippen LogP contribution is -2.30. The van der Waals surface area contributed by atoms with E-state index in [0.717, 1.165) is 33.2 Å². The van der Waals surface area contributed by atoms with Crippen molar-refractivity contribution in [3.05, 3.63) is 65.4 Å². The summed E-state index contributed by atoms with van der Waals surface area (Å²) < 4.78 is 8.14. The predicted molar refractivity (Wildman–Crippen MR) is 94.5 cm³/mol. The van der Waals surface area contributed by atoms with Crippen molar-refractivity contribution in [1.82, 2.24) is 0 Å². The highest BCUT2D eigenvalue weighted by Gasteiger charge is 2.17. The Labute approximate surface area is 140 Å². The number of hydrogen-bond acceptors (Lipinski definition) is 2. The largest absolute Gasteiger partial charge is 0.456 e. The van der Waals surface area contributed by atoms with Gasteiger partial charge < -0.3 is 4.42 Å². The number of benzene rings is 2. The van der Waals surface area contributed by atoms with Crippen LogP contribution >= 0.6 is 0 Å². The molecule has 0 saturated carbocycles. The van der Waals surface area contributed by atoms with Gasteiger partial charge in [-0.25, -0.2) is 4.57 Å². The fourth-order valence-electron chi connectivity index (χ4n) is 3.29. The lowest BCUT2D eigenvalue weighted by Gasteiger charge is -2.05. The Kier molecular flexibility index (Phi) is 3.14. The van der Waals surface area contributed by atoms with Crippen molar-refractivity contribution in [2.75, 3.05) is 0 Å². The van der Waals surface area contributed by atoms with E-state index in [1.807, 2.05) is 25.2 Å². The van der Waals surface area contributed by atoms with Crippen LogP contribution in [0.2, 0.25) is 0 Å². The molecule has 0 atom stereocenters. The van der Waals surface area contributed by atoms with Gasteiger partial charge in [0, 0.05) is 22.9 Å². The van der Waals surface area contributed by atoms with Crippen molar-refractivity contribution >= 4 is 21.9 Å². The van der Waals surface area contributed by atoms with E-state index in [4.69, 9.17) is 4.42 Å². The molecule has 2 aromatic heterocycles. The zero-order chi connectivity index (χ0) is 16.8. The first kappa shape index (κ1) is 14.5. The summed E-state index contributed by atoms with van der Waals surface area (Å²) >= 11 is 0. The summed E-state index contributed by atoms with van der Waals surface area (Å²) in [6, 6.07) is 16.4. The summed E-state index contributed by atoms with van der Waals surface area (Å²) in [5, 5.41) is 11.3. The Morgan fingerprint density at radius 3 is 2.67 bits per heavy atom. The molecule has 2 heterocycles. The fraction of sp³-hybridized carbons (Fsp3) is 0.143. The van der Waals surface area contributed by atoms with Crippen LogP contribution in [0.25, 0.3) is 33.2 Å². The van der Waals surface area contributed by atoms with E-state index in [1.54, 1.807) is 0 Å². The van der Waals surface area contributed by atoms with Gasteiger partial charge in [0.25, 0.3) is 0 Å². The quantitative estimate of drug-likeness (QED) is 0.483. The molecule has 3 heteroatoms. The first-order valence-electron chi connectivity index (χ1n) is 7.91. The van der Waals surface area contributed by atoms with E-state index in [2.05, 4.69) is 54.9 Å². The minimum Gasteiger partial charge on any atom is -0.456 e. The van der Waals surface area contributed by atoms with Gasteiger partial charge in [0.2, 0.25) is 5.69 Å². The summed E-state index contributed by atoms with van der Waals surface area (Å²) in [4.78, 5) is 0. The smallest absolute Gasteiger partial charge is 0.212 e. The number of fused-ring (bicyclic) bond motifs is 3. The predicted octanol–water partition coefficient (Wildman–Crippen LogP) is 4.57. The Morgan fingerprint density at radius 2 is 1.88 bits per heavy atom. The van der Waals surface area contributed by atoms with Crippen molar-refractivity contribution in [3.8, 4) is 17.3 Å². The van der Waals surface area contributed by atoms with Crippen LogP contribution in [0.15, 0.2) is 53.1 Å². The van der Waals surface area contributed by atoms with Gasteiger partial charge in [0.05, 0.1) is 17.2 Å². The Hall–Kier alpha value is -3.12. The van der Waals surface area contributed by atoms with Crippen molar-refractivity contribution in [2.24, 2.45) is 7.05 Å². The fourth-order valence-corrected chi connectivity index (χ4v) is 3.29. The third kappa shape index (κ3) is 2.08. The van der Waals surface area contributed by atoms with Crippen molar-refractivity contribution < 1.29 is 8.98 Å². The number of aryl methyl sites for hydroxylation is 3. The van der Waals surface area contributed by atoms with E-state index in [0.29, 0.717) is 5.56 Å². The molecule has 0 aliphatic heterocycles. The van der Waals surface area contributed by atoms with Crippen LogP contribution in [0.1, 0.15) is 16.7 Å². The molecule has 2 aromatic carbocycles. The van der Waals surface area contributed by atoms with Gasteiger partial charge in [-0.2, -0.15) is 5.26 Å². The van der Waals surface area contributed by atoms with Crippen LogP contribution in [0.5, 0.6) is 0 Å². The second kappa shape index (κ2) is 5.21. The van der Waals surface area contributed by atoms with Crippen LogP contribution in [0.4, 0.5) is 0 Å². The standard InChI is InChI=1S/C21H17N2O/c1-13-7-8-23(3)18(9-13)16-11-20-17(10-14(16)2)21-15(12-22)5-4-6-19(21)24-20/h4-11H,1-3H3/q+1. The van der Waals surface area contributed by atoms with Crippen molar-refractivity contribution in [1.29, 1.82) is 5.26 Å². The molecule has 0 unspecified atom stereocenters. The molecule has 0 saturated heterocycles. The molecule has 24 heavy (non-hydrogen) atoms. The average molecular weight is 313 g/mol. The number of aromatic nitrogens is 1. The topological polar surface area (TPSA) is 40.8 Å². The van der Waals surface area contributed by atoms with E-state index in [9.17, 15) is 5.26 Å². The zero-order valence-electron chi connectivity index (χ0n) is 13.9. The maximum atomic E-state index is 9.39. The first-order chi connectivity index (χ1) is 11.6. The van der Waals surface area contributed by atoms with Crippen LogP contribution in [-0.2, 0) is 7.05 Å². The van der Waals surface area contributed by atoms with Gasteiger partial charge in [-0.15, -0.1) is 0 Å². The summed E-state index contributed by atoms with van der Waals surface area (Å²) in [6.07, 6.45) is 2.07. The average Bonchev–Trinajstić information content (AvgIpc) is 2.94. The lowest BCUT2D eigenvalue weighted by atomic mass is 9.99. The van der Waals surface area contributed by atoms with E-state index >= 15 is 0 Å². The second-order valence-electron chi connectivity index (χ2n) is 6.26. The molecule has 0 radical (unpaired) electrons. The first-order valence-corrected chi connectivity index (χ1v) is 7.91. The Morgan fingerprint density at radius 1 is 1.04 bits per heavy atom. The minimum atomic E-state index is 0.652. The number of nitriles is 1. The molecule has 4 aromatic rings. The van der Waals surface area contributed by atoms with Gasteiger partial charge in [0.15, 0.2) is 6.20 Å². The molecular weight excluding hydrogens is 296 g/mol. The van der Waals surface area contributed by atoms with E-state index < -0.39 is 0 Å². The van der Waals surface area contributed by atoms with Gasteiger partial charge >= 0.3 is 0 Å². The monoisotopic (exact) mass is 313 g/mol. The van der Waals surface area contributed by atoms with Gasteiger partial charge in [-0.1, -0.05) is 6.07 Å². The molecule has 0 aliphatic carbocycles. The van der Waals surface area contributed by atoms with E-state index in [1.165, 1.54) is 11.1 Å². The molecule has 3 nitrogen and oxygen atoms in total. The van der Waals surface area contributed by atoms with Crippen molar-refractivity contribution in [3.63, 3.8) is 0 Å². The summed E-state index contributed by atoms with van der Waals surface area (Å²) in [6.45, 7) is 4.20. The minimum absolute atomic E-state index is 0.652. The molecule has 0 spiro atoms. The van der Waals surface area contributed by atoms with Gasteiger partial charge in [-0.3, -0.25) is 0 Å². The lowest BCUT2D eigenvalue weighted by molar-refractivity contribution is -0.660.